The van der Waals surface area contributed by atoms with Crippen LogP contribution in [0.2, 0.25) is 10.0 Å². The number of hydrogen-bond donors (Lipinski definition) is 0. The standard InChI is InChI=1S/C34H28Cl2N5O4P.2C2H6.Rb.Re/c1-34(45-46(43-20-23-10-4-2-5-11-23)44-21-24-12-6-3-7-13-24)22-42-33-39-30(37)29-32(41(33)34)40(26-18-16-25(35)17-19-26)31(38-29)27-14-8-9-15-28(27)36;2*1-2;;/h2-19,37H,20-22H2,1H3;2*1-2H3;;/q;;;+1;. The molecule has 52 heavy (non-hydrogen) atoms. The van der Waals surface area contributed by atoms with Crippen LogP contribution in [-0.2, 0) is 52.9 Å². The van der Waals surface area contributed by atoms with Crippen LogP contribution in [0.3, 0.4) is 0 Å². The maximum absolute atomic E-state index is 8.83. The first-order valence-electron chi connectivity index (χ1n) is 16.5. The third kappa shape index (κ3) is 10.4. The predicted molar refractivity (Wildman–Crippen MR) is 201 cm³/mol. The summed E-state index contributed by atoms with van der Waals surface area (Å²) in [6.07, 6.45) is 0. The second-order valence-electron chi connectivity index (χ2n) is 10.8. The normalized spacial score (nSPS) is 14.2. The number of imidazole rings is 1. The molecule has 0 saturated heterocycles. The fraction of sp³-hybridized carbons (Fsp3) is 0.237. The Morgan fingerprint density at radius 1 is 0.808 bits per heavy atom. The van der Waals surface area contributed by atoms with Crippen LogP contribution < -0.4 is 67.5 Å². The summed E-state index contributed by atoms with van der Waals surface area (Å²) in [4.78, 5) is 9.40. The minimum atomic E-state index is -1.91. The Kier molecular flexibility index (Phi) is 18.5. The Balaban J connectivity index is 0.00000118. The van der Waals surface area contributed by atoms with Gasteiger partial charge in [0.15, 0.2) is 17.9 Å². The van der Waals surface area contributed by atoms with Crippen LogP contribution in [0.1, 0.15) is 45.7 Å². The van der Waals surface area contributed by atoms with Crippen molar-refractivity contribution in [3.05, 3.63) is 136 Å². The van der Waals surface area contributed by atoms with Crippen molar-refractivity contribution in [2.75, 3.05) is 6.61 Å². The molecule has 2 aromatic heterocycles. The van der Waals surface area contributed by atoms with E-state index >= 15 is 0 Å². The van der Waals surface area contributed by atoms with Gasteiger partial charge in [0, 0.05) is 32.4 Å². The van der Waals surface area contributed by atoms with Gasteiger partial charge < -0.3 is 19.5 Å². The van der Waals surface area contributed by atoms with Crippen molar-refractivity contribution in [3.63, 3.8) is 0 Å². The average Bonchev–Trinajstić information content (AvgIpc) is 3.70. The second-order valence-corrected chi connectivity index (χ2v) is 12.8. The van der Waals surface area contributed by atoms with Crippen LogP contribution in [0, 0.1) is 0 Å². The number of benzene rings is 4. The van der Waals surface area contributed by atoms with Gasteiger partial charge in [0.05, 0.1) is 23.8 Å². The molecule has 6 aromatic rings. The number of rotatable bonds is 10. The molecule has 0 spiro atoms. The Bertz CT molecular complexity index is 1970. The maximum atomic E-state index is 8.83. The molecule has 1 N–H and O–H groups in total. The molecule has 1 aliphatic heterocycles. The zero-order valence-electron chi connectivity index (χ0n) is 30.0. The topological polar surface area (TPSA) is 95.3 Å². The van der Waals surface area contributed by atoms with E-state index in [-0.39, 0.29) is 110 Å². The van der Waals surface area contributed by atoms with Gasteiger partial charge in [-0.2, -0.15) is 4.57 Å². The molecule has 7 rings (SSSR count). The summed E-state index contributed by atoms with van der Waals surface area (Å²) in [6, 6.07) is 34.7. The molecule has 1 unspecified atom stereocenters. The molecule has 0 aliphatic carbocycles. The van der Waals surface area contributed by atoms with Gasteiger partial charge in [-0.1, -0.05) is 129 Å². The van der Waals surface area contributed by atoms with Crippen molar-refractivity contribution >= 4 is 48.8 Å². The summed E-state index contributed by atoms with van der Waals surface area (Å²) in [6.45, 7) is 10.5. The van der Waals surface area contributed by atoms with Crippen LogP contribution in [-0.4, -0.2) is 21.1 Å². The first-order chi connectivity index (χ1) is 24.4. The third-order valence-electron chi connectivity index (χ3n) is 7.46. The van der Waals surface area contributed by atoms with Crippen LogP contribution in [0.4, 0.5) is 5.82 Å². The van der Waals surface area contributed by atoms with E-state index < -0.39 is 14.3 Å². The summed E-state index contributed by atoms with van der Waals surface area (Å²) < 4.78 is 29.1. The Morgan fingerprint density at radius 2 is 1.35 bits per heavy atom. The van der Waals surface area contributed by atoms with E-state index in [1.165, 1.54) is 0 Å². The first kappa shape index (κ1) is 44.8. The number of hydrogen-bond acceptors (Lipinski definition) is 6. The molecule has 9 nitrogen and oxygen atoms in total. The summed E-state index contributed by atoms with van der Waals surface area (Å²) in [5.41, 5.74) is 11.9. The van der Waals surface area contributed by atoms with E-state index in [0.717, 1.165) is 16.8 Å². The van der Waals surface area contributed by atoms with Crippen LogP contribution >= 0.6 is 31.8 Å². The zero-order chi connectivity index (χ0) is 35.7. The minimum Gasteiger partial charge on any atom is -0.446 e. The number of nitrogens with one attached hydrogen (secondary N) is 1. The monoisotopic (exact) mass is 1000 g/mol. The predicted octanol–water partition coefficient (Wildman–Crippen LogP) is 8.16. The molecule has 14 heteroatoms. The number of fused-ring (bicyclic) bond motifs is 3. The Hall–Kier alpha value is -1.61. The summed E-state index contributed by atoms with van der Waals surface area (Å²) in [7, 11) is -1.91. The SMILES string of the molecule is CC.CC.CC1(OP(OCc2ccccc2)OCc2ccccc2)COc2nc([NH-])c3nc(-c4ccccc4Cl)n(-c4ccc(Cl)cc4)c3[n+]21.[Rb+].[Re]. The van der Waals surface area contributed by atoms with Crippen LogP contribution in [0.15, 0.2) is 109 Å². The quantitative estimate of drug-likeness (QED) is 0.102. The summed E-state index contributed by atoms with van der Waals surface area (Å²) in [5, 5.41) is 1.10. The van der Waals surface area contributed by atoms with Crippen molar-refractivity contribution in [2.24, 2.45) is 0 Å². The summed E-state index contributed by atoms with van der Waals surface area (Å²) in [5.74, 6) is 0.478. The molecular formula is C38H40Cl2N5O4PRbRe+. The van der Waals surface area contributed by atoms with Gasteiger partial charge in [0.2, 0.25) is 11.5 Å². The van der Waals surface area contributed by atoms with Gasteiger partial charge in [-0.05, 0) is 47.5 Å². The zero-order valence-corrected chi connectivity index (χ0v) is 40.1. The van der Waals surface area contributed by atoms with E-state index in [1.807, 2.05) is 135 Å². The van der Waals surface area contributed by atoms with Gasteiger partial charge in [0.1, 0.15) is 5.69 Å². The Morgan fingerprint density at radius 3 is 1.90 bits per heavy atom. The number of aromatic nitrogens is 4. The fourth-order valence-corrected chi connectivity index (χ4v) is 6.72. The molecule has 1 atom stereocenters. The van der Waals surface area contributed by atoms with Gasteiger partial charge >= 0.3 is 72.8 Å². The van der Waals surface area contributed by atoms with Crippen molar-refractivity contribution in [1.29, 1.82) is 0 Å². The Labute approximate surface area is 379 Å². The van der Waals surface area contributed by atoms with E-state index in [4.69, 9.17) is 52.2 Å². The fourth-order valence-electron chi connectivity index (χ4n) is 5.23. The van der Waals surface area contributed by atoms with E-state index in [0.29, 0.717) is 32.6 Å². The molecule has 0 saturated carbocycles. The number of halogens is 2. The first-order valence-corrected chi connectivity index (χ1v) is 18.3. The molecular weight excluding hydrogens is 964 g/mol. The van der Waals surface area contributed by atoms with Gasteiger partial charge in [-0.25, -0.2) is 9.55 Å². The maximum Gasteiger partial charge on any atom is 1.00 e. The smallest absolute Gasteiger partial charge is 0.446 e. The average molecular weight is 1000 g/mol. The third-order valence-corrected chi connectivity index (χ3v) is 9.26. The van der Waals surface area contributed by atoms with Crippen molar-refractivity contribution in [3.8, 4) is 23.1 Å². The molecule has 4 aromatic carbocycles. The van der Waals surface area contributed by atoms with Crippen molar-refractivity contribution in [2.45, 2.75) is 53.6 Å². The van der Waals surface area contributed by atoms with Crippen LogP contribution in [0.25, 0.3) is 34.0 Å². The van der Waals surface area contributed by atoms with Gasteiger partial charge in [-0.3, -0.25) is 4.52 Å². The molecule has 0 fully saturated rings. The van der Waals surface area contributed by atoms with E-state index in [1.54, 1.807) is 18.2 Å². The van der Waals surface area contributed by atoms with Crippen molar-refractivity contribution in [1.82, 2.24) is 14.5 Å². The molecule has 0 amide bonds. The number of nitrogens with zero attached hydrogens (tertiary/aromatic N) is 4. The second kappa shape index (κ2) is 21.5. The molecule has 3 heterocycles. The van der Waals surface area contributed by atoms with E-state index in [2.05, 4.69) is 4.98 Å². The number of ether oxygens (including phenoxy) is 1. The van der Waals surface area contributed by atoms with E-state index in [9.17, 15) is 0 Å². The van der Waals surface area contributed by atoms with Gasteiger partial charge in [0.25, 0.3) is 5.65 Å². The van der Waals surface area contributed by atoms with Crippen LogP contribution in [0.5, 0.6) is 6.01 Å². The molecule has 1 aliphatic rings. The van der Waals surface area contributed by atoms with Crippen molar-refractivity contribution < 1.29 is 101 Å². The molecule has 1 radical (unpaired) electrons. The largest absolute Gasteiger partial charge is 1.00 e. The molecule has 0 bridgehead atoms. The molecule has 267 valence electrons. The summed E-state index contributed by atoms with van der Waals surface area (Å²) >= 11 is 13.0. The van der Waals surface area contributed by atoms with Gasteiger partial charge in [-0.15, -0.1) is 0 Å². The minimum absolute atomic E-state index is 0.